The summed E-state index contributed by atoms with van der Waals surface area (Å²) in [7, 11) is 0. The molecule has 4 heteroatoms. The van der Waals surface area contributed by atoms with Crippen molar-refractivity contribution < 1.29 is 9.90 Å². The van der Waals surface area contributed by atoms with Crippen molar-refractivity contribution in [3.8, 4) is 11.3 Å². The van der Waals surface area contributed by atoms with Gasteiger partial charge in [-0.05, 0) is 39.0 Å². The Labute approximate surface area is 106 Å². The van der Waals surface area contributed by atoms with Gasteiger partial charge in [0.15, 0.2) is 0 Å². The normalized spacial score (nSPS) is 10.9. The number of carboxylic acids is 1. The first-order valence-corrected chi connectivity index (χ1v) is 5.88. The minimum absolute atomic E-state index is 0.202. The average molecular weight is 244 g/mol. The summed E-state index contributed by atoms with van der Waals surface area (Å²) < 4.78 is 2.03. The lowest BCUT2D eigenvalue weighted by Crippen LogP contribution is -2.06. The van der Waals surface area contributed by atoms with E-state index in [-0.39, 0.29) is 6.04 Å². The zero-order valence-corrected chi connectivity index (χ0v) is 10.7. The quantitative estimate of drug-likeness (QED) is 0.902. The van der Waals surface area contributed by atoms with Gasteiger partial charge in [-0.25, -0.2) is 4.79 Å². The van der Waals surface area contributed by atoms with Crippen molar-refractivity contribution >= 4 is 5.97 Å². The molecule has 0 bridgehead atoms. The fourth-order valence-electron chi connectivity index (χ4n) is 2.24. The third-order valence-electron chi connectivity index (χ3n) is 3.00. The van der Waals surface area contributed by atoms with Crippen LogP contribution in [0.4, 0.5) is 0 Å². The van der Waals surface area contributed by atoms with E-state index in [0.29, 0.717) is 5.56 Å². The van der Waals surface area contributed by atoms with Gasteiger partial charge < -0.3 is 9.67 Å². The lowest BCUT2D eigenvalue weighted by molar-refractivity contribution is 0.0696. The summed E-state index contributed by atoms with van der Waals surface area (Å²) in [6.45, 7) is 5.92. The van der Waals surface area contributed by atoms with Gasteiger partial charge in [-0.1, -0.05) is 0 Å². The first kappa shape index (κ1) is 12.4. The van der Waals surface area contributed by atoms with Gasteiger partial charge in [-0.3, -0.25) is 4.98 Å². The summed E-state index contributed by atoms with van der Waals surface area (Å²) in [5.41, 5.74) is 2.95. The second-order valence-corrected chi connectivity index (χ2v) is 4.54. The Hall–Kier alpha value is -2.10. The van der Waals surface area contributed by atoms with Gasteiger partial charge in [0.1, 0.15) is 0 Å². The minimum Gasteiger partial charge on any atom is -0.478 e. The molecule has 0 atom stereocenters. The molecular formula is C14H16N2O2. The molecule has 2 rings (SSSR count). The van der Waals surface area contributed by atoms with Crippen LogP contribution >= 0.6 is 0 Å². The molecule has 0 amide bonds. The van der Waals surface area contributed by atoms with E-state index in [9.17, 15) is 9.90 Å². The molecule has 4 nitrogen and oxygen atoms in total. The topological polar surface area (TPSA) is 55.1 Å². The molecule has 0 aromatic carbocycles. The zero-order valence-electron chi connectivity index (χ0n) is 10.7. The molecule has 0 aliphatic carbocycles. The number of pyridine rings is 1. The molecular weight excluding hydrogens is 228 g/mol. The van der Waals surface area contributed by atoms with E-state index in [1.807, 2.05) is 37.5 Å². The monoisotopic (exact) mass is 244 g/mol. The Morgan fingerprint density at radius 3 is 2.67 bits per heavy atom. The number of aromatic carboxylic acids is 1. The highest BCUT2D eigenvalue weighted by atomic mass is 16.4. The van der Waals surface area contributed by atoms with Gasteiger partial charge in [0.25, 0.3) is 0 Å². The number of nitrogens with zero attached hydrogens (tertiary/aromatic N) is 2. The van der Waals surface area contributed by atoms with Crippen LogP contribution in [0.25, 0.3) is 11.3 Å². The molecule has 0 unspecified atom stereocenters. The standard InChI is InChI=1S/C14H16N2O2/c1-9(2)16-10(3)12(14(17)18)7-13(16)11-5-4-6-15-8-11/h4-9H,1-3H3,(H,17,18). The van der Waals surface area contributed by atoms with Crippen molar-refractivity contribution in [2.75, 3.05) is 0 Å². The van der Waals surface area contributed by atoms with E-state index in [0.717, 1.165) is 17.0 Å². The second-order valence-electron chi connectivity index (χ2n) is 4.54. The maximum atomic E-state index is 11.2. The summed E-state index contributed by atoms with van der Waals surface area (Å²) >= 11 is 0. The van der Waals surface area contributed by atoms with E-state index >= 15 is 0 Å². The van der Waals surface area contributed by atoms with Crippen molar-refractivity contribution in [3.63, 3.8) is 0 Å². The SMILES string of the molecule is Cc1c(C(=O)O)cc(-c2cccnc2)n1C(C)C. The summed E-state index contributed by atoms with van der Waals surface area (Å²) in [5.74, 6) is -0.892. The van der Waals surface area contributed by atoms with Gasteiger partial charge in [-0.2, -0.15) is 0 Å². The molecule has 2 heterocycles. The van der Waals surface area contributed by atoms with Gasteiger partial charge in [0.2, 0.25) is 0 Å². The van der Waals surface area contributed by atoms with Crippen LogP contribution in [0, 0.1) is 6.92 Å². The Morgan fingerprint density at radius 1 is 1.44 bits per heavy atom. The Bertz CT molecular complexity index is 571. The van der Waals surface area contributed by atoms with Crippen LogP contribution < -0.4 is 0 Å². The highest BCUT2D eigenvalue weighted by Crippen LogP contribution is 2.28. The molecule has 1 N–H and O–H groups in total. The van der Waals surface area contributed by atoms with Crippen LogP contribution in [0.5, 0.6) is 0 Å². The first-order valence-electron chi connectivity index (χ1n) is 5.88. The maximum Gasteiger partial charge on any atom is 0.337 e. The predicted octanol–water partition coefficient (Wildman–Crippen LogP) is 3.14. The molecule has 94 valence electrons. The number of hydrogen-bond acceptors (Lipinski definition) is 2. The smallest absolute Gasteiger partial charge is 0.337 e. The molecule has 0 aliphatic rings. The van der Waals surface area contributed by atoms with Gasteiger partial charge in [-0.15, -0.1) is 0 Å². The van der Waals surface area contributed by atoms with Crippen LogP contribution in [0.15, 0.2) is 30.6 Å². The Kier molecular flexibility index (Phi) is 3.19. The third kappa shape index (κ3) is 2.01. The van der Waals surface area contributed by atoms with E-state index in [1.54, 1.807) is 18.5 Å². The summed E-state index contributed by atoms with van der Waals surface area (Å²) in [6.07, 6.45) is 3.45. The predicted molar refractivity (Wildman–Crippen MR) is 69.7 cm³/mol. The molecule has 0 fully saturated rings. The van der Waals surface area contributed by atoms with Gasteiger partial charge >= 0.3 is 5.97 Å². The van der Waals surface area contributed by atoms with Crippen LogP contribution in [0.3, 0.4) is 0 Å². The van der Waals surface area contributed by atoms with Crippen molar-refractivity contribution in [1.82, 2.24) is 9.55 Å². The lowest BCUT2D eigenvalue weighted by Gasteiger charge is -2.15. The molecule has 2 aromatic rings. The molecule has 0 spiro atoms. The van der Waals surface area contributed by atoms with Crippen LogP contribution in [0.2, 0.25) is 0 Å². The fraction of sp³-hybridized carbons (Fsp3) is 0.286. The minimum atomic E-state index is -0.892. The number of carboxylic acid groups (broad SMARTS) is 1. The molecule has 0 radical (unpaired) electrons. The van der Waals surface area contributed by atoms with Crippen molar-refractivity contribution in [3.05, 3.63) is 41.9 Å². The van der Waals surface area contributed by atoms with Gasteiger partial charge in [0, 0.05) is 29.7 Å². The molecule has 0 saturated heterocycles. The Morgan fingerprint density at radius 2 is 2.17 bits per heavy atom. The number of rotatable bonds is 3. The number of carbonyl (C=O) groups is 1. The van der Waals surface area contributed by atoms with Gasteiger partial charge in [0.05, 0.1) is 11.3 Å². The average Bonchev–Trinajstić information content (AvgIpc) is 2.68. The highest BCUT2D eigenvalue weighted by molar-refractivity contribution is 5.91. The molecule has 2 aromatic heterocycles. The molecule has 0 saturated carbocycles. The fourth-order valence-corrected chi connectivity index (χ4v) is 2.24. The summed E-state index contributed by atoms with van der Waals surface area (Å²) in [5, 5.41) is 9.20. The number of aromatic nitrogens is 2. The largest absolute Gasteiger partial charge is 0.478 e. The van der Waals surface area contributed by atoms with Crippen LogP contribution in [-0.2, 0) is 0 Å². The molecule has 0 aliphatic heterocycles. The van der Waals surface area contributed by atoms with E-state index < -0.39 is 5.97 Å². The zero-order chi connectivity index (χ0) is 13.3. The number of hydrogen-bond donors (Lipinski definition) is 1. The van der Waals surface area contributed by atoms with E-state index in [1.165, 1.54) is 0 Å². The lowest BCUT2D eigenvalue weighted by atomic mass is 10.2. The maximum absolute atomic E-state index is 11.2. The van der Waals surface area contributed by atoms with Crippen molar-refractivity contribution in [2.24, 2.45) is 0 Å². The Balaban J connectivity index is 2.67. The van der Waals surface area contributed by atoms with Crippen molar-refractivity contribution in [1.29, 1.82) is 0 Å². The second kappa shape index (κ2) is 4.64. The molecule has 18 heavy (non-hydrogen) atoms. The highest BCUT2D eigenvalue weighted by Gasteiger charge is 2.19. The van der Waals surface area contributed by atoms with Crippen LogP contribution in [0.1, 0.15) is 35.9 Å². The van der Waals surface area contributed by atoms with E-state index in [4.69, 9.17) is 0 Å². The third-order valence-corrected chi connectivity index (χ3v) is 3.00. The summed E-state index contributed by atoms with van der Waals surface area (Å²) in [4.78, 5) is 15.3. The first-order chi connectivity index (χ1) is 8.52. The van der Waals surface area contributed by atoms with E-state index in [2.05, 4.69) is 4.98 Å². The van der Waals surface area contributed by atoms with Crippen LogP contribution in [-0.4, -0.2) is 20.6 Å². The summed E-state index contributed by atoms with van der Waals surface area (Å²) in [6, 6.07) is 5.71. The van der Waals surface area contributed by atoms with Crippen molar-refractivity contribution in [2.45, 2.75) is 26.8 Å².